The van der Waals surface area contributed by atoms with E-state index in [4.69, 9.17) is 0 Å². The van der Waals surface area contributed by atoms with Crippen molar-refractivity contribution in [3.8, 4) is 0 Å². The second kappa shape index (κ2) is 8.56. The Bertz CT molecular complexity index is 465. The van der Waals surface area contributed by atoms with Gasteiger partial charge in [-0.15, -0.1) is 0 Å². The van der Waals surface area contributed by atoms with Crippen molar-refractivity contribution in [2.45, 2.75) is 20.3 Å². The molecular weight excluding hydrogens is 271 g/mol. The number of halogens is 1. The first kappa shape index (κ1) is 17.4. The SMILES string of the molecule is CCCN(CCN(C)C)C(=O)c1cc(F)cnc1NCC. The maximum absolute atomic E-state index is 13.4. The molecule has 0 spiro atoms. The molecular formula is C15H25FN4O. The maximum Gasteiger partial charge on any atom is 0.257 e. The molecule has 0 aromatic carbocycles. The molecule has 1 N–H and O–H groups in total. The number of amides is 1. The molecule has 0 fully saturated rings. The van der Waals surface area contributed by atoms with E-state index in [1.807, 2.05) is 32.8 Å². The van der Waals surface area contributed by atoms with Crippen LogP contribution in [-0.2, 0) is 0 Å². The Kier molecular flexibility index (Phi) is 7.08. The van der Waals surface area contributed by atoms with Crippen molar-refractivity contribution in [2.75, 3.05) is 45.6 Å². The number of nitrogens with zero attached hydrogens (tertiary/aromatic N) is 3. The molecule has 0 aliphatic carbocycles. The first-order valence-corrected chi connectivity index (χ1v) is 7.33. The summed E-state index contributed by atoms with van der Waals surface area (Å²) in [4.78, 5) is 20.4. The largest absolute Gasteiger partial charge is 0.370 e. The van der Waals surface area contributed by atoms with Gasteiger partial charge in [-0.1, -0.05) is 6.92 Å². The van der Waals surface area contributed by atoms with Crippen molar-refractivity contribution in [1.82, 2.24) is 14.8 Å². The van der Waals surface area contributed by atoms with E-state index < -0.39 is 5.82 Å². The number of aromatic nitrogens is 1. The van der Waals surface area contributed by atoms with Crippen LogP contribution in [0.4, 0.5) is 10.2 Å². The van der Waals surface area contributed by atoms with Gasteiger partial charge in [0.2, 0.25) is 0 Å². The van der Waals surface area contributed by atoms with Crippen molar-refractivity contribution in [1.29, 1.82) is 0 Å². The van der Waals surface area contributed by atoms with Crippen molar-refractivity contribution < 1.29 is 9.18 Å². The number of hydrogen-bond acceptors (Lipinski definition) is 4. The zero-order chi connectivity index (χ0) is 15.8. The van der Waals surface area contributed by atoms with E-state index in [9.17, 15) is 9.18 Å². The van der Waals surface area contributed by atoms with Gasteiger partial charge in [0.05, 0.1) is 11.8 Å². The molecule has 21 heavy (non-hydrogen) atoms. The molecule has 0 aliphatic heterocycles. The highest BCUT2D eigenvalue weighted by atomic mass is 19.1. The fourth-order valence-corrected chi connectivity index (χ4v) is 1.99. The Morgan fingerprint density at radius 3 is 2.57 bits per heavy atom. The number of hydrogen-bond donors (Lipinski definition) is 1. The molecule has 0 radical (unpaired) electrons. The minimum absolute atomic E-state index is 0.179. The lowest BCUT2D eigenvalue weighted by molar-refractivity contribution is 0.0745. The van der Waals surface area contributed by atoms with Crippen LogP contribution in [0, 0.1) is 5.82 Å². The summed E-state index contributed by atoms with van der Waals surface area (Å²) in [6.07, 6.45) is 1.98. The van der Waals surface area contributed by atoms with Crippen LogP contribution in [0.2, 0.25) is 0 Å². The molecule has 0 saturated heterocycles. The topological polar surface area (TPSA) is 48.5 Å². The van der Waals surface area contributed by atoms with Gasteiger partial charge in [-0.25, -0.2) is 9.37 Å². The number of likely N-dealkylation sites (N-methyl/N-ethyl adjacent to an activating group) is 1. The van der Waals surface area contributed by atoms with E-state index >= 15 is 0 Å². The van der Waals surface area contributed by atoms with Crippen LogP contribution in [0.25, 0.3) is 0 Å². The number of nitrogens with one attached hydrogen (secondary N) is 1. The van der Waals surface area contributed by atoms with Gasteiger partial charge in [0, 0.05) is 26.2 Å². The second-order valence-corrected chi connectivity index (χ2v) is 5.18. The molecule has 0 aliphatic rings. The lowest BCUT2D eigenvalue weighted by atomic mass is 10.2. The highest BCUT2D eigenvalue weighted by Crippen LogP contribution is 2.16. The molecule has 0 bridgehead atoms. The predicted octanol–water partition coefficient (Wildman–Crippen LogP) is 2.07. The van der Waals surface area contributed by atoms with E-state index in [-0.39, 0.29) is 5.91 Å². The highest BCUT2D eigenvalue weighted by molar-refractivity contribution is 5.98. The first-order valence-electron chi connectivity index (χ1n) is 7.33. The van der Waals surface area contributed by atoms with E-state index in [0.29, 0.717) is 31.0 Å². The lowest BCUT2D eigenvalue weighted by Crippen LogP contribution is -2.37. The van der Waals surface area contributed by atoms with E-state index in [0.717, 1.165) is 19.2 Å². The summed E-state index contributed by atoms with van der Waals surface area (Å²) in [5.74, 6) is -0.236. The summed E-state index contributed by atoms with van der Waals surface area (Å²) < 4.78 is 13.4. The van der Waals surface area contributed by atoms with Gasteiger partial charge in [-0.2, -0.15) is 0 Å². The zero-order valence-corrected chi connectivity index (χ0v) is 13.3. The Labute approximate surface area is 126 Å². The summed E-state index contributed by atoms with van der Waals surface area (Å²) in [7, 11) is 3.92. The van der Waals surface area contributed by atoms with Crippen LogP contribution in [0.1, 0.15) is 30.6 Å². The molecule has 0 unspecified atom stereocenters. The molecule has 0 saturated carbocycles. The van der Waals surface area contributed by atoms with Crippen LogP contribution in [0.3, 0.4) is 0 Å². The Hall–Kier alpha value is -1.69. The van der Waals surface area contributed by atoms with Gasteiger partial charge >= 0.3 is 0 Å². The second-order valence-electron chi connectivity index (χ2n) is 5.18. The van der Waals surface area contributed by atoms with Gasteiger partial charge < -0.3 is 15.1 Å². The third-order valence-electron chi connectivity index (χ3n) is 3.03. The van der Waals surface area contributed by atoms with E-state index in [2.05, 4.69) is 10.3 Å². The third kappa shape index (κ3) is 5.30. The third-order valence-corrected chi connectivity index (χ3v) is 3.03. The molecule has 118 valence electrons. The number of carbonyl (C=O) groups excluding carboxylic acids is 1. The first-order chi connectivity index (χ1) is 9.99. The standard InChI is InChI=1S/C15H25FN4O/c1-5-7-20(9-8-19(3)4)15(21)13-10-12(16)11-18-14(13)17-6-2/h10-11H,5-9H2,1-4H3,(H,17,18). The summed E-state index contributed by atoms with van der Waals surface area (Å²) >= 11 is 0. The molecule has 1 amide bonds. The maximum atomic E-state index is 13.4. The summed E-state index contributed by atoms with van der Waals surface area (Å²) in [6, 6.07) is 1.26. The molecule has 6 heteroatoms. The number of pyridine rings is 1. The number of carbonyl (C=O) groups is 1. The average molecular weight is 296 g/mol. The molecule has 1 aromatic heterocycles. The molecule has 1 heterocycles. The van der Waals surface area contributed by atoms with Crippen LogP contribution in [0.5, 0.6) is 0 Å². The quantitative estimate of drug-likeness (QED) is 0.798. The van der Waals surface area contributed by atoms with Crippen molar-refractivity contribution >= 4 is 11.7 Å². The van der Waals surface area contributed by atoms with Crippen molar-refractivity contribution in [2.24, 2.45) is 0 Å². The van der Waals surface area contributed by atoms with Gasteiger partial charge in [0.15, 0.2) is 0 Å². The molecule has 5 nitrogen and oxygen atoms in total. The van der Waals surface area contributed by atoms with Gasteiger partial charge in [-0.3, -0.25) is 4.79 Å². The molecule has 1 aromatic rings. The smallest absolute Gasteiger partial charge is 0.257 e. The minimum Gasteiger partial charge on any atom is -0.370 e. The predicted molar refractivity (Wildman–Crippen MR) is 83.1 cm³/mol. The molecule has 0 atom stereocenters. The molecule has 1 rings (SSSR count). The zero-order valence-electron chi connectivity index (χ0n) is 13.3. The summed E-state index contributed by atoms with van der Waals surface area (Å²) in [5, 5.41) is 3.01. The Morgan fingerprint density at radius 2 is 2.00 bits per heavy atom. The number of anilines is 1. The van der Waals surface area contributed by atoms with Crippen LogP contribution < -0.4 is 5.32 Å². The lowest BCUT2D eigenvalue weighted by Gasteiger charge is -2.24. The van der Waals surface area contributed by atoms with Crippen LogP contribution in [0.15, 0.2) is 12.3 Å². The van der Waals surface area contributed by atoms with E-state index in [1.54, 1.807) is 4.90 Å². The highest BCUT2D eigenvalue weighted by Gasteiger charge is 2.20. The normalized spacial score (nSPS) is 10.8. The average Bonchev–Trinajstić information content (AvgIpc) is 2.44. The summed E-state index contributed by atoms with van der Waals surface area (Å²) in [6.45, 7) is 6.59. The van der Waals surface area contributed by atoms with Crippen LogP contribution >= 0.6 is 0 Å². The Morgan fingerprint density at radius 1 is 1.29 bits per heavy atom. The van der Waals surface area contributed by atoms with Crippen LogP contribution in [-0.4, -0.2) is 61.0 Å². The fourth-order valence-electron chi connectivity index (χ4n) is 1.99. The monoisotopic (exact) mass is 296 g/mol. The van der Waals surface area contributed by atoms with Gasteiger partial charge in [0.1, 0.15) is 11.6 Å². The number of rotatable bonds is 8. The minimum atomic E-state index is -0.496. The summed E-state index contributed by atoms with van der Waals surface area (Å²) in [5.41, 5.74) is 0.295. The van der Waals surface area contributed by atoms with E-state index in [1.165, 1.54) is 6.07 Å². The Balaban J connectivity index is 2.98. The van der Waals surface area contributed by atoms with Gasteiger partial charge in [-0.05, 0) is 33.5 Å². The van der Waals surface area contributed by atoms with Crippen molar-refractivity contribution in [3.05, 3.63) is 23.6 Å². The fraction of sp³-hybridized carbons (Fsp3) is 0.600. The van der Waals surface area contributed by atoms with Gasteiger partial charge in [0.25, 0.3) is 5.91 Å². The van der Waals surface area contributed by atoms with Crippen molar-refractivity contribution in [3.63, 3.8) is 0 Å².